The van der Waals surface area contributed by atoms with Crippen LogP contribution in [0.1, 0.15) is 37.5 Å². The first-order valence-electron chi connectivity index (χ1n) is 12.1. The third-order valence-corrected chi connectivity index (χ3v) is 5.69. The molecule has 1 heterocycles. The number of hydrogen-bond acceptors (Lipinski definition) is 7. The number of aromatic nitrogens is 2. The van der Waals surface area contributed by atoms with Crippen molar-refractivity contribution in [3.05, 3.63) is 104 Å². The van der Waals surface area contributed by atoms with E-state index in [2.05, 4.69) is 11.1 Å². The summed E-state index contributed by atoms with van der Waals surface area (Å²) in [6, 6.07) is 21.2. The van der Waals surface area contributed by atoms with Gasteiger partial charge in [-0.25, -0.2) is 4.79 Å². The summed E-state index contributed by atoms with van der Waals surface area (Å²) in [5.74, 6) is 0.127. The second-order valence-electron chi connectivity index (χ2n) is 9.54. The number of rotatable bonds is 10. The van der Waals surface area contributed by atoms with Crippen LogP contribution >= 0.6 is 0 Å². The summed E-state index contributed by atoms with van der Waals surface area (Å²) in [5, 5.41) is 0. The van der Waals surface area contributed by atoms with Crippen LogP contribution in [0.4, 0.5) is 0 Å². The molecule has 9 nitrogen and oxygen atoms in total. The maximum absolute atomic E-state index is 11.5. The van der Waals surface area contributed by atoms with Crippen molar-refractivity contribution < 1.29 is 74.9 Å². The Labute approximate surface area is 268 Å². The first-order valence-corrected chi connectivity index (χ1v) is 12.1. The molecule has 0 atom stereocenters. The minimum Gasteiger partial charge on any atom is -0.489 e. The molecular formula is C29H29KN2O7. The van der Waals surface area contributed by atoms with Gasteiger partial charge in [-0.2, -0.15) is 0 Å². The predicted molar refractivity (Wildman–Crippen MR) is 140 cm³/mol. The largest absolute Gasteiger partial charge is 1.00 e. The molecule has 3 aromatic carbocycles. The Balaban J connectivity index is 0.00000420. The number of aryl methyl sites for hydroxylation is 1. The molecule has 0 saturated heterocycles. The molecule has 1 aromatic heterocycles. The third-order valence-electron chi connectivity index (χ3n) is 5.69. The number of nitrogens with zero attached hydrogens (tertiary/aromatic N) is 2. The smallest absolute Gasteiger partial charge is 0.489 e. The Kier molecular flexibility index (Phi) is 10.6. The van der Waals surface area contributed by atoms with E-state index in [0.29, 0.717) is 18.1 Å². The van der Waals surface area contributed by atoms with Crippen molar-refractivity contribution in [2.45, 2.75) is 46.4 Å². The second-order valence-corrected chi connectivity index (χ2v) is 9.54. The summed E-state index contributed by atoms with van der Waals surface area (Å²) < 4.78 is 22.7. The minimum atomic E-state index is -0.906. The van der Waals surface area contributed by atoms with Crippen molar-refractivity contribution >= 4 is 5.97 Å². The first kappa shape index (κ1) is 30.6. The molecule has 39 heavy (non-hydrogen) atoms. The van der Waals surface area contributed by atoms with E-state index in [1.165, 1.54) is 6.92 Å². The predicted octanol–water partition coefficient (Wildman–Crippen LogP) is 1.09. The number of esters is 1. The zero-order valence-electron chi connectivity index (χ0n) is 22.7. The molecule has 0 amide bonds. The number of benzene rings is 3. The van der Waals surface area contributed by atoms with Crippen molar-refractivity contribution in [2.24, 2.45) is 0 Å². The maximum Gasteiger partial charge on any atom is 1.00 e. The van der Waals surface area contributed by atoms with Crippen LogP contribution in [0.15, 0.2) is 80.8 Å². The fourth-order valence-electron chi connectivity index (χ4n) is 3.97. The van der Waals surface area contributed by atoms with Gasteiger partial charge in [-0.15, -0.1) is 0 Å². The van der Waals surface area contributed by atoms with Crippen LogP contribution in [0.3, 0.4) is 0 Å². The van der Waals surface area contributed by atoms with Crippen LogP contribution in [0.5, 0.6) is 11.5 Å². The monoisotopic (exact) mass is 556 g/mol. The summed E-state index contributed by atoms with van der Waals surface area (Å²) in [5.41, 5.74) is 3.53. The van der Waals surface area contributed by atoms with E-state index in [9.17, 15) is 14.4 Å². The molecule has 0 aliphatic rings. The Morgan fingerprint density at radius 3 is 2.31 bits per heavy atom. The van der Waals surface area contributed by atoms with Crippen molar-refractivity contribution in [1.82, 2.24) is 9.72 Å². The molecule has 0 N–H and O–H groups in total. The summed E-state index contributed by atoms with van der Waals surface area (Å²) in [6.45, 7) is 7.76. The number of hydrogen-bond donors (Lipinski definition) is 0. The van der Waals surface area contributed by atoms with E-state index in [1.807, 2.05) is 57.2 Å². The Morgan fingerprint density at radius 1 is 0.949 bits per heavy atom. The van der Waals surface area contributed by atoms with Crippen LogP contribution in [0.25, 0.3) is 11.1 Å². The fourth-order valence-corrected chi connectivity index (χ4v) is 3.97. The van der Waals surface area contributed by atoms with Gasteiger partial charge in [0.1, 0.15) is 30.3 Å². The van der Waals surface area contributed by atoms with Crippen LogP contribution in [-0.2, 0) is 22.7 Å². The van der Waals surface area contributed by atoms with Crippen LogP contribution < -0.4 is 77.3 Å². The maximum atomic E-state index is 11.5. The Hall–Kier alpha value is -2.89. The second kappa shape index (κ2) is 13.4. The van der Waals surface area contributed by atoms with Crippen molar-refractivity contribution in [1.29, 1.82) is 0 Å². The average Bonchev–Trinajstić information content (AvgIpc) is 3.18. The minimum absolute atomic E-state index is 0. The molecule has 198 valence electrons. The van der Waals surface area contributed by atoms with Crippen molar-refractivity contribution in [3.8, 4) is 22.6 Å². The molecule has 0 unspecified atom stereocenters. The average molecular weight is 557 g/mol. The number of carbonyl (C=O) groups is 1. The molecular weight excluding hydrogens is 527 g/mol. The van der Waals surface area contributed by atoms with Gasteiger partial charge in [-0.3, -0.25) is 14.3 Å². The summed E-state index contributed by atoms with van der Waals surface area (Å²) in [6.07, 6.45) is 0. The van der Waals surface area contributed by atoms with E-state index in [4.69, 9.17) is 18.7 Å². The normalized spacial score (nSPS) is 11.0. The molecule has 4 aromatic rings. The van der Waals surface area contributed by atoms with Gasteiger partial charge in [0.05, 0.1) is 0 Å². The molecule has 0 spiro atoms. The third kappa shape index (κ3) is 8.80. The van der Waals surface area contributed by atoms with E-state index in [-0.39, 0.29) is 70.5 Å². The van der Waals surface area contributed by atoms with Gasteiger partial charge in [0.15, 0.2) is 5.69 Å². The number of ether oxygens (including phenoxy) is 3. The summed E-state index contributed by atoms with van der Waals surface area (Å²) >= 11 is 0. The van der Waals surface area contributed by atoms with Crippen molar-refractivity contribution in [2.75, 3.05) is 6.61 Å². The standard InChI is InChI=1S/C29H30N2O7.K/c1-19-14-25(36-18-29(3,4)37-20(2)32)12-13-26(19)23-7-5-6-22(15-23)17-35-24-10-8-21(9-11-24)16-31-27(33)30-28(34)38-31;/h5-15H,16-18H2,1-4H3,(H,30,33,34);/q;+1/p-1. The van der Waals surface area contributed by atoms with Gasteiger partial charge < -0.3 is 23.7 Å². The van der Waals surface area contributed by atoms with E-state index >= 15 is 0 Å². The van der Waals surface area contributed by atoms with E-state index in [1.54, 1.807) is 24.3 Å². The van der Waals surface area contributed by atoms with Gasteiger partial charge in [-0.1, -0.05) is 36.4 Å². The zero-order chi connectivity index (χ0) is 27.3. The van der Waals surface area contributed by atoms with Gasteiger partial charge in [0, 0.05) is 13.5 Å². The van der Waals surface area contributed by atoms with Gasteiger partial charge >= 0.3 is 63.1 Å². The molecule has 10 heteroatoms. The molecule has 0 aliphatic carbocycles. The van der Waals surface area contributed by atoms with Gasteiger partial charge in [-0.05, 0) is 78.9 Å². The van der Waals surface area contributed by atoms with Gasteiger partial charge in [0.2, 0.25) is 0 Å². The molecule has 0 radical (unpaired) electrons. The Bertz CT molecular complexity index is 1530. The number of carbonyl (C=O) groups excluding carboxylic acids is 1. The van der Waals surface area contributed by atoms with E-state index < -0.39 is 17.0 Å². The zero-order valence-corrected chi connectivity index (χ0v) is 25.8. The van der Waals surface area contributed by atoms with Crippen LogP contribution in [0, 0.1) is 6.92 Å². The quantitative estimate of drug-likeness (QED) is 0.211. The molecule has 0 fully saturated rings. The van der Waals surface area contributed by atoms with Crippen LogP contribution in [0.2, 0.25) is 0 Å². The van der Waals surface area contributed by atoms with Crippen molar-refractivity contribution in [3.63, 3.8) is 0 Å². The summed E-state index contributed by atoms with van der Waals surface area (Å²) in [4.78, 5) is 37.1. The van der Waals surface area contributed by atoms with E-state index in [0.717, 1.165) is 32.6 Å². The molecule has 0 bridgehead atoms. The topological polar surface area (TPSA) is 111 Å². The Morgan fingerprint density at radius 2 is 1.67 bits per heavy atom. The summed E-state index contributed by atoms with van der Waals surface area (Å²) in [7, 11) is 0. The first-order chi connectivity index (χ1) is 18.1. The van der Waals surface area contributed by atoms with Crippen LogP contribution in [-0.4, -0.2) is 22.9 Å². The fraction of sp³-hybridized carbons (Fsp3) is 0.276. The van der Waals surface area contributed by atoms with Gasteiger partial charge in [0.25, 0.3) is 0 Å². The SMILES string of the molecule is CC(=O)OC(C)(C)COc1ccc(-c2cccc(COc3ccc(Cn4oc(=O)[n-]c4=O)cc3)c2)c(C)c1.[K+]. The molecule has 0 saturated carbocycles. The molecule has 0 aliphatic heterocycles. The molecule has 4 rings (SSSR count).